The van der Waals surface area contributed by atoms with Crippen molar-refractivity contribution in [2.24, 2.45) is 0 Å². The number of aromatic nitrogens is 2. The molecular formula is C52H40N3O+. The van der Waals surface area contributed by atoms with Crippen molar-refractivity contribution in [1.29, 1.82) is 0 Å². The van der Waals surface area contributed by atoms with Crippen molar-refractivity contribution in [3.63, 3.8) is 0 Å². The molecule has 4 aliphatic rings. The van der Waals surface area contributed by atoms with E-state index in [4.69, 9.17) is 4.74 Å². The molecule has 2 aromatic heterocycles. The monoisotopic (exact) mass is 722 g/mol. The summed E-state index contributed by atoms with van der Waals surface area (Å²) in [5.74, 6) is 3.00. The van der Waals surface area contributed by atoms with Gasteiger partial charge in [0.25, 0.3) is 5.82 Å². The van der Waals surface area contributed by atoms with E-state index in [9.17, 15) is 0 Å². The lowest BCUT2D eigenvalue weighted by Gasteiger charge is -2.45. The van der Waals surface area contributed by atoms with Crippen LogP contribution < -0.4 is 9.30 Å². The average molecular weight is 723 g/mol. The van der Waals surface area contributed by atoms with Crippen LogP contribution in [0.4, 0.5) is 0 Å². The molecule has 0 N–H and O–H groups in total. The Balaban J connectivity index is 1.13. The molecular weight excluding hydrogens is 683 g/mol. The Kier molecular flexibility index (Phi) is 6.21. The lowest BCUT2D eigenvalue weighted by molar-refractivity contribution is -0.760. The molecule has 0 amide bonds. The largest absolute Gasteiger partial charge is 0.456 e. The molecule has 0 saturated carbocycles. The van der Waals surface area contributed by atoms with Gasteiger partial charge in [-0.3, -0.25) is 0 Å². The van der Waals surface area contributed by atoms with E-state index in [-0.39, 0.29) is 6.04 Å². The van der Waals surface area contributed by atoms with Gasteiger partial charge in [-0.1, -0.05) is 96.6 Å². The van der Waals surface area contributed by atoms with Crippen molar-refractivity contribution in [3.05, 3.63) is 196 Å². The van der Waals surface area contributed by atoms with E-state index in [1.165, 1.54) is 99.7 Å². The lowest BCUT2D eigenvalue weighted by Crippen LogP contribution is -2.68. The van der Waals surface area contributed by atoms with Crippen molar-refractivity contribution in [2.75, 3.05) is 0 Å². The van der Waals surface area contributed by atoms with Crippen LogP contribution in [0.5, 0.6) is 11.5 Å². The van der Waals surface area contributed by atoms with E-state index < -0.39 is 5.66 Å². The van der Waals surface area contributed by atoms with Gasteiger partial charge >= 0.3 is 0 Å². The summed E-state index contributed by atoms with van der Waals surface area (Å²) >= 11 is 0. The molecule has 268 valence electrons. The van der Waals surface area contributed by atoms with Gasteiger partial charge < -0.3 is 9.64 Å². The third kappa shape index (κ3) is 3.96. The molecule has 56 heavy (non-hydrogen) atoms. The highest BCUT2D eigenvalue weighted by Gasteiger charge is 2.64. The number of hydrogen-bond acceptors (Lipinski definition) is 2. The minimum Gasteiger partial charge on any atom is -0.456 e. The first-order chi connectivity index (χ1) is 27.3. The van der Waals surface area contributed by atoms with E-state index in [0.717, 1.165) is 17.3 Å². The molecule has 6 heterocycles. The first-order valence-corrected chi connectivity index (χ1v) is 19.7. The Hall–Kier alpha value is -6.65. The maximum atomic E-state index is 7.02. The van der Waals surface area contributed by atoms with Gasteiger partial charge in [0.05, 0.1) is 17.8 Å². The summed E-state index contributed by atoms with van der Waals surface area (Å²) in [6, 6.07) is 47.0. The molecule has 0 radical (unpaired) electrons. The van der Waals surface area contributed by atoms with Gasteiger partial charge in [-0.25, -0.2) is 4.57 Å². The molecule has 1 spiro atoms. The normalized spacial score (nSPS) is 18.3. The number of allylic oxidation sites excluding steroid dienone is 2. The molecule has 2 unspecified atom stereocenters. The topological polar surface area (TPSA) is 21.3 Å². The van der Waals surface area contributed by atoms with Crippen molar-refractivity contribution in [2.45, 2.75) is 46.3 Å². The SMILES string of the molecule is CC1=CN2C(C=C1c1ccc(C)cc1C)c1cccc3c1C21c2c(ccc4c5cc(-c6ccc(-c7ccccc7)cc6)ccc5n(c24)-c2cc(C)c(C)c[n+]21)O3. The predicted octanol–water partition coefficient (Wildman–Crippen LogP) is 12.2. The molecule has 0 aliphatic carbocycles. The van der Waals surface area contributed by atoms with Crippen molar-refractivity contribution < 1.29 is 9.30 Å². The van der Waals surface area contributed by atoms with E-state index in [1.807, 2.05) is 0 Å². The fourth-order valence-electron chi connectivity index (χ4n) is 10.4. The number of nitrogens with zero attached hydrogens (tertiary/aromatic N) is 3. The maximum Gasteiger partial charge on any atom is 0.289 e. The summed E-state index contributed by atoms with van der Waals surface area (Å²) in [5, 5.41) is 2.48. The van der Waals surface area contributed by atoms with E-state index in [0.29, 0.717) is 0 Å². The molecule has 0 bridgehead atoms. The molecule has 4 aliphatic heterocycles. The third-order valence-corrected chi connectivity index (χ3v) is 13.1. The standard InChI is InChI=1S/C52H40N3O/c1-30-14-20-39(32(3)24-30)42-27-45-41-12-9-13-46-49(41)52(53(45)29-34(42)5)50-47(56-46)23-21-40-43-26-38(37-17-15-36(16-18-37)35-10-7-6-8-11-35)19-22-44(43)55(51(40)50)48-25-31(2)33(4)28-54(48)52/h6-29,45H,1-5H3/q+1. The zero-order valence-corrected chi connectivity index (χ0v) is 32.2. The second-order valence-electron chi connectivity index (χ2n) is 16.3. The van der Waals surface area contributed by atoms with E-state index in [1.54, 1.807) is 0 Å². The number of pyridine rings is 1. The first-order valence-electron chi connectivity index (χ1n) is 19.7. The molecule has 4 nitrogen and oxygen atoms in total. The van der Waals surface area contributed by atoms with E-state index >= 15 is 0 Å². The predicted molar refractivity (Wildman–Crippen MR) is 226 cm³/mol. The molecule has 0 saturated heterocycles. The highest BCUT2D eigenvalue weighted by atomic mass is 16.5. The van der Waals surface area contributed by atoms with Crippen LogP contribution in [0, 0.1) is 27.7 Å². The third-order valence-electron chi connectivity index (χ3n) is 13.1. The van der Waals surface area contributed by atoms with Crippen LogP contribution in [0.25, 0.3) is 55.5 Å². The van der Waals surface area contributed by atoms with Crippen LogP contribution in [0.1, 0.15) is 57.5 Å². The van der Waals surface area contributed by atoms with Gasteiger partial charge in [-0.05, 0) is 132 Å². The summed E-state index contributed by atoms with van der Waals surface area (Å²) < 4.78 is 12.1. The minimum absolute atomic E-state index is 0.0116. The smallest absolute Gasteiger partial charge is 0.289 e. The molecule has 2 atom stereocenters. The zero-order valence-electron chi connectivity index (χ0n) is 32.2. The maximum absolute atomic E-state index is 7.02. The number of fused-ring (bicyclic) bond motifs is 7. The summed E-state index contributed by atoms with van der Waals surface area (Å²) in [5.41, 5.74) is 19.3. The highest BCUT2D eigenvalue weighted by Crippen LogP contribution is 2.62. The number of rotatable bonds is 3. The quantitative estimate of drug-likeness (QED) is 0.169. The van der Waals surface area contributed by atoms with Crippen molar-refractivity contribution in [1.82, 2.24) is 9.47 Å². The van der Waals surface area contributed by atoms with Crippen LogP contribution in [-0.2, 0) is 5.66 Å². The van der Waals surface area contributed by atoms with Crippen LogP contribution >= 0.6 is 0 Å². The summed E-state index contributed by atoms with van der Waals surface area (Å²) in [6.07, 6.45) is 7.35. The number of aryl methyl sites for hydroxylation is 4. The van der Waals surface area contributed by atoms with Gasteiger partial charge in [-0.15, -0.1) is 0 Å². The Bertz CT molecular complexity index is 3110. The van der Waals surface area contributed by atoms with Gasteiger partial charge in [0.1, 0.15) is 22.6 Å². The average Bonchev–Trinajstić information content (AvgIpc) is 3.69. The van der Waals surface area contributed by atoms with Crippen LogP contribution in [0.15, 0.2) is 151 Å². The fourth-order valence-corrected chi connectivity index (χ4v) is 10.4. The minimum atomic E-state index is -0.663. The second kappa shape index (κ2) is 11.0. The zero-order chi connectivity index (χ0) is 37.6. The first kappa shape index (κ1) is 31.7. The van der Waals surface area contributed by atoms with Gasteiger partial charge in [0.2, 0.25) is 5.66 Å². The van der Waals surface area contributed by atoms with Gasteiger partial charge in [0, 0.05) is 23.0 Å². The van der Waals surface area contributed by atoms with Crippen LogP contribution in [0.3, 0.4) is 0 Å². The van der Waals surface area contributed by atoms with Crippen molar-refractivity contribution >= 4 is 27.4 Å². The van der Waals surface area contributed by atoms with E-state index in [2.05, 4.69) is 195 Å². The Labute approximate surface area is 326 Å². The molecule has 0 fully saturated rings. The summed E-state index contributed by atoms with van der Waals surface area (Å²) in [7, 11) is 0. The highest BCUT2D eigenvalue weighted by molar-refractivity contribution is 6.12. The van der Waals surface area contributed by atoms with Crippen LogP contribution in [0.2, 0.25) is 0 Å². The number of hydrogen-bond donors (Lipinski definition) is 0. The van der Waals surface area contributed by atoms with Gasteiger partial charge in [-0.2, -0.15) is 4.57 Å². The summed E-state index contributed by atoms with van der Waals surface area (Å²) in [4.78, 5) is 2.64. The Morgan fingerprint density at radius 1 is 0.607 bits per heavy atom. The lowest BCUT2D eigenvalue weighted by atomic mass is 9.84. The second-order valence-corrected chi connectivity index (χ2v) is 16.3. The Morgan fingerprint density at radius 2 is 1.36 bits per heavy atom. The summed E-state index contributed by atoms with van der Waals surface area (Å²) in [6.45, 7) is 11.2. The molecule has 6 aromatic carbocycles. The molecule has 8 aromatic rings. The van der Waals surface area contributed by atoms with Crippen molar-refractivity contribution in [3.8, 4) is 39.6 Å². The van der Waals surface area contributed by atoms with Crippen LogP contribution in [-0.4, -0.2) is 9.47 Å². The fraction of sp³-hybridized carbons (Fsp3) is 0.135. The van der Waals surface area contributed by atoms with Gasteiger partial charge in [0.15, 0.2) is 5.52 Å². The Morgan fingerprint density at radius 3 is 2.16 bits per heavy atom. The molecule has 4 heteroatoms. The number of benzene rings is 6. The molecule has 12 rings (SSSR count). The number of ether oxygens (including phenoxy) is 1.